The summed E-state index contributed by atoms with van der Waals surface area (Å²) in [4.78, 5) is 34.3. The minimum atomic E-state index is -4.30. The first kappa shape index (κ1) is 34.5. The molecule has 2 amide bonds. The third-order valence-electron chi connectivity index (χ3n) is 7.45. The van der Waals surface area contributed by atoms with Crippen molar-refractivity contribution in [3.63, 3.8) is 0 Å². The molecule has 0 saturated heterocycles. The molecule has 45 heavy (non-hydrogen) atoms. The van der Waals surface area contributed by atoms with E-state index >= 15 is 0 Å². The number of imidazole rings is 1. The van der Waals surface area contributed by atoms with E-state index in [4.69, 9.17) is 27.9 Å². The van der Waals surface area contributed by atoms with Crippen molar-refractivity contribution in [1.82, 2.24) is 25.2 Å². The van der Waals surface area contributed by atoms with E-state index in [1.165, 1.54) is 10.6 Å². The molecule has 1 aliphatic carbocycles. The molecule has 246 valence electrons. The fourth-order valence-corrected chi connectivity index (χ4v) is 5.38. The van der Waals surface area contributed by atoms with Crippen molar-refractivity contribution in [2.75, 3.05) is 11.9 Å². The highest BCUT2D eigenvalue weighted by Crippen LogP contribution is 2.38. The minimum absolute atomic E-state index is 0.108. The smallest absolute Gasteiger partial charge is 0.391 e. The second-order valence-corrected chi connectivity index (χ2v) is 12.7. The molecule has 1 saturated carbocycles. The second kappa shape index (κ2) is 13.5. The molecule has 1 fully saturated rings. The maximum absolute atomic E-state index is 13.2. The Morgan fingerprint density at radius 3 is 2.36 bits per heavy atom. The van der Waals surface area contributed by atoms with Crippen LogP contribution >= 0.6 is 23.2 Å². The zero-order valence-corrected chi connectivity index (χ0v) is 26.4. The number of carbonyl (C=O) groups is 2. The van der Waals surface area contributed by atoms with Crippen LogP contribution in [0.2, 0.25) is 10.0 Å². The van der Waals surface area contributed by atoms with Crippen LogP contribution in [0.4, 0.5) is 33.6 Å². The van der Waals surface area contributed by atoms with Crippen molar-refractivity contribution < 1.29 is 36.3 Å². The van der Waals surface area contributed by atoms with Gasteiger partial charge in [-0.15, -0.1) is 0 Å². The van der Waals surface area contributed by atoms with E-state index in [0.717, 1.165) is 0 Å². The third kappa shape index (κ3) is 8.26. The molecule has 0 radical (unpaired) electrons. The van der Waals surface area contributed by atoms with Crippen molar-refractivity contribution >= 4 is 57.8 Å². The highest BCUT2D eigenvalue weighted by atomic mass is 35.5. The molecule has 0 bridgehead atoms. The van der Waals surface area contributed by atoms with Crippen LogP contribution in [0.5, 0.6) is 5.88 Å². The fraction of sp³-hybridized carbons (Fsp3) is 0.517. The average Bonchev–Trinajstić information content (AvgIpc) is 3.26. The van der Waals surface area contributed by atoms with Crippen LogP contribution in [0.25, 0.3) is 11.2 Å². The number of aromatic nitrogens is 3. The Kier molecular flexibility index (Phi) is 10.4. The topological polar surface area (TPSA) is 110 Å². The molecule has 2 heterocycles. The lowest BCUT2D eigenvalue weighted by Crippen LogP contribution is -2.40. The second-order valence-electron chi connectivity index (χ2n) is 11.9. The van der Waals surface area contributed by atoms with Gasteiger partial charge in [0.1, 0.15) is 11.1 Å². The Labute approximate surface area is 266 Å². The van der Waals surface area contributed by atoms with Crippen LogP contribution < -0.4 is 20.7 Å². The van der Waals surface area contributed by atoms with E-state index in [0.29, 0.717) is 5.56 Å². The summed E-state index contributed by atoms with van der Waals surface area (Å²) in [6.45, 7) is 4.43. The predicted molar refractivity (Wildman–Crippen MR) is 160 cm³/mol. The SMILES string of the molecule is Cn1c(Nc2c(Cl)ccc(CNC(=O)C(C)(C)C)c2Cl)nc2cc(C(=O)N[C@H]3CC[C@H](C(F)(F)F)CC3)c(OCC(F)F)nc21. The normalized spacial score (nSPS) is 17.4. The Balaban J connectivity index is 1.61. The molecule has 3 aromatic rings. The number of halogens is 7. The molecule has 3 N–H and O–H groups in total. The van der Waals surface area contributed by atoms with Crippen molar-refractivity contribution in [3.8, 4) is 5.88 Å². The van der Waals surface area contributed by atoms with Crippen LogP contribution in [-0.2, 0) is 18.4 Å². The molecule has 1 aromatic carbocycles. The van der Waals surface area contributed by atoms with Gasteiger partial charge in [-0.1, -0.05) is 50.0 Å². The average molecular weight is 680 g/mol. The number of nitrogens with one attached hydrogen (secondary N) is 3. The minimum Gasteiger partial charge on any atom is -0.471 e. The molecule has 0 spiro atoms. The third-order valence-corrected chi connectivity index (χ3v) is 8.20. The number of nitrogens with zero attached hydrogens (tertiary/aromatic N) is 3. The largest absolute Gasteiger partial charge is 0.471 e. The summed E-state index contributed by atoms with van der Waals surface area (Å²) in [6.07, 6.45) is -7.21. The highest BCUT2D eigenvalue weighted by molar-refractivity contribution is 6.39. The van der Waals surface area contributed by atoms with Gasteiger partial charge in [0.2, 0.25) is 17.7 Å². The Bertz CT molecular complexity index is 1570. The van der Waals surface area contributed by atoms with Crippen molar-refractivity contribution in [2.24, 2.45) is 18.4 Å². The lowest BCUT2D eigenvalue weighted by Gasteiger charge is -2.30. The molecule has 9 nitrogen and oxygen atoms in total. The van der Waals surface area contributed by atoms with E-state index in [-0.39, 0.29) is 82.4 Å². The fourth-order valence-electron chi connectivity index (χ4n) is 4.85. The molecular weight excluding hydrogens is 646 g/mol. The van der Waals surface area contributed by atoms with Crippen LogP contribution in [0.15, 0.2) is 18.2 Å². The number of anilines is 2. The number of hydrogen-bond donors (Lipinski definition) is 3. The van der Waals surface area contributed by atoms with Gasteiger partial charge in [-0.3, -0.25) is 14.2 Å². The van der Waals surface area contributed by atoms with Crippen LogP contribution in [0, 0.1) is 11.3 Å². The Morgan fingerprint density at radius 2 is 1.76 bits per heavy atom. The number of rotatable bonds is 9. The van der Waals surface area contributed by atoms with Crippen LogP contribution in [0.1, 0.15) is 62.4 Å². The first-order valence-electron chi connectivity index (χ1n) is 14.1. The molecule has 4 rings (SSSR count). The van der Waals surface area contributed by atoms with Gasteiger partial charge < -0.3 is 20.7 Å². The van der Waals surface area contributed by atoms with Crippen molar-refractivity contribution in [1.29, 1.82) is 0 Å². The van der Waals surface area contributed by atoms with Crippen LogP contribution in [-0.4, -0.2) is 51.6 Å². The molecule has 16 heteroatoms. The first-order valence-corrected chi connectivity index (χ1v) is 14.9. The zero-order chi connectivity index (χ0) is 33.3. The number of carbonyl (C=O) groups excluding carboxylic acids is 2. The van der Waals surface area contributed by atoms with Gasteiger partial charge >= 0.3 is 6.18 Å². The number of hydrogen-bond acceptors (Lipinski definition) is 6. The molecule has 2 aromatic heterocycles. The standard InChI is InChI=1S/C29H33Cl2F5N6O3/c1-28(2,3)26(44)37-12-14-5-10-18(30)22(21(14)31)40-27-39-19-11-17(25(45-13-20(32)33)41-23(19)42(27)4)24(43)38-16-8-6-15(7-9-16)29(34,35)36/h5,10-11,15-16,20H,6-9,12-13H2,1-4H3,(H,37,44)(H,38,43)(H,39,40)/t15-,16-. The van der Waals surface area contributed by atoms with Gasteiger partial charge in [0, 0.05) is 25.0 Å². The Morgan fingerprint density at radius 1 is 1.09 bits per heavy atom. The molecular formula is C29H33Cl2F5N6O3. The van der Waals surface area contributed by atoms with E-state index in [2.05, 4.69) is 25.9 Å². The van der Waals surface area contributed by atoms with Gasteiger partial charge in [-0.25, -0.2) is 13.8 Å². The number of aryl methyl sites for hydroxylation is 1. The van der Waals surface area contributed by atoms with Gasteiger partial charge in [0.05, 0.1) is 21.7 Å². The van der Waals surface area contributed by atoms with E-state index < -0.39 is 42.5 Å². The molecule has 1 aliphatic rings. The van der Waals surface area contributed by atoms with Gasteiger partial charge in [-0.2, -0.15) is 18.2 Å². The summed E-state index contributed by atoms with van der Waals surface area (Å²) in [5.41, 5.74) is 0.407. The summed E-state index contributed by atoms with van der Waals surface area (Å²) in [6, 6.07) is 4.03. The summed E-state index contributed by atoms with van der Waals surface area (Å²) in [5.74, 6) is -2.55. The molecule has 0 atom stereocenters. The lowest BCUT2D eigenvalue weighted by molar-refractivity contribution is -0.182. The van der Waals surface area contributed by atoms with Crippen molar-refractivity contribution in [2.45, 2.75) is 71.6 Å². The first-order chi connectivity index (χ1) is 21.0. The van der Waals surface area contributed by atoms with E-state index in [1.807, 2.05) is 0 Å². The molecule has 0 aliphatic heterocycles. The highest BCUT2D eigenvalue weighted by Gasteiger charge is 2.41. The van der Waals surface area contributed by atoms with Crippen LogP contribution in [0.3, 0.4) is 0 Å². The zero-order valence-electron chi connectivity index (χ0n) is 24.9. The molecule has 0 unspecified atom stereocenters. The summed E-state index contributed by atoms with van der Waals surface area (Å²) in [7, 11) is 1.58. The van der Waals surface area contributed by atoms with E-state index in [9.17, 15) is 31.5 Å². The number of fused-ring (bicyclic) bond motifs is 1. The number of benzene rings is 1. The lowest BCUT2D eigenvalue weighted by atomic mass is 9.85. The quantitative estimate of drug-likeness (QED) is 0.207. The Hall–Kier alpha value is -3.39. The van der Waals surface area contributed by atoms with Gasteiger partial charge in [0.25, 0.3) is 12.3 Å². The number of pyridine rings is 1. The van der Waals surface area contributed by atoms with Gasteiger partial charge in [-0.05, 0) is 43.4 Å². The number of ether oxygens (including phenoxy) is 1. The van der Waals surface area contributed by atoms with Gasteiger partial charge in [0.15, 0.2) is 12.3 Å². The summed E-state index contributed by atoms with van der Waals surface area (Å²) in [5, 5.41) is 9.01. The number of amides is 2. The van der Waals surface area contributed by atoms with E-state index in [1.54, 1.807) is 40.0 Å². The van der Waals surface area contributed by atoms with Crippen molar-refractivity contribution in [3.05, 3.63) is 39.4 Å². The number of alkyl halides is 5. The summed E-state index contributed by atoms with van der Waals surface area (Å²) >= 11 is 13.1. The summed E-state index contributed by atoms with van der Waals surface area (Å²) < 4.78 is 71.9. The predicted octanol–water partition coefficient (Wildman–Crippen LogP) is 7.18. The maximum Gasteiger partial charge on any atom is 0.391 e. The maximum atomic E-state index is 13.2. The monoisotopic (exact) mass is 678 g/mol.